The Labute approximate surface area is 78.3 Å². The minimum atomic E-state index is 0. The molecule has 0 aromatic heterocycles. The maximum Gasteiger partial charge on any atom is 0.0478 e. The Bertz CT molecular complexity index is 127. The predicted octanol–water partition coefficient (Wildman–Crippen LogP) is 1.47. The Morgan fingerprint density at radius 3 is 2.58 bits per heavy atom. The van der Waals surface area contributed by atoms with Crippen molar-refractivity contribution in [2.24, 2.45) is 10.8 Å². The molecule has 0 bridgehead atoms. The molecule has 0 atom stereocenters. The van der Waals surface area contributed by atoms with Gasteiger partial charge in [-0.25, -0.2) is 0 Å². The lowest BCUT2D eigenvalue weighted by atomic mass is 10.4. The third kappa shape index (κ3) is 12.2. The van der Waals surface area contributed by atoms with Crippen molar-refractivity contribution in [2.45, 2.75) is 12.8 Å². The van der Waals surface area contributed by atoms with Crippen LogP contribution in [0.1, 0.15) is 12.8 Å². The van der Waals surface area contributed by atoms with E-state index >= 15 is 0 Å². The van der Waals surface area contributed by atoms with Crippen LogP contribution in [0, 0.1) is 0 Å². The van der Waals surface area contributed by atoms with Crippen LogP contribution in [-0.4, -0.2) is 26.3 Å². The fraction of sp³-hybridized carbons (Fsp3) is 1.00. The van der Waals surface area contributed by atoms with E-state index in [0.29, 0.717) is 26.3 Å². The zero-order chi connectivity index (χ0) is 8.36. The van der Waals surface area contributed by atoms with Crippen LogP contribution in [0.4, 0.5) is 0 Å². The van der Waals surface area contributed by atoms with Crippen molar-refractivity contribution in [2.75, 3.05) is 26.3 Å². The van der Waals surface area contributed by atoms with Gasteiger partial charge in [-0.15, -0.1) is 12.4 Å². The van der Waals surface area contributed by atoms with E-state index in [1.165, 1.54) is 0 Å². The van der Waals surface area contributed by atoms with Crippen molar-refractivity contribution in [3.05, 3.63) is 10.4 Å². The van der Waals surface area contributed by atoms with Gasteiger partial charge >= 0.3 is 0 Å². The van der Waals surface area contributed by atoms with Gasteiger partial charge in [0, 0.05) is 24.7 Å². The molecular weight excluding hydrogens is 180 g/mol. The molecule has 5 nitrogen and oxygen atoms in total. The van der Waals surface area contributed by atoms with E-state index in [0.717, 1.165) is 12.8 Å². The molecule has 0 radical (unpaired) electrons. The number of ether oxygens (including phenoxy) is 1. The minimum Gasteiger partial charge on any atom is -0.381 e. The number of hydrogen-bond donors (Lipinski definition) is 1. The zero-order valence-electron chi connectivity index (χ0n) is 6.98. The summed E-state index contributed by atoms with van der Waals surface area (Å²) in [6.45, 7) is 2.53. The summed E-state index contributed by atoms with van der Waals surface area (Å²) in [7, 11) is 0. The van der Waals surface area contributed by atoms with Crippen LogP contribution in [0.25, 0.3) is 10.4 Å². The maximum atomic E-state index is 7.91. The second-order valence-electron chi connectivity index (χ2n) is 2.06. The summed E-state index contributed by atoms with van der Waals surface area (Å²) in [5.41, 5.74) is 13.2. The minimum absolute atomic E-state index is 0. The molecule has 0 saturated carbocycles. The predicted molar refractivity (Wildman–Crippen MR) is 50.4 cm³/mol. The van der Waals surface area contributed by atoms with Gasteiger partial charge in [-0.3, -0.25) is 0 Å². The number of nitrogens with zero attached hydrogens (tertiary/aromatic N) is 3. The van der Waals surface area contributed by atoms with E-state index in [2.05, 4.69) is 10.0 Å². The molecule has 12 heavy (non-hydrogen) atoms. The third-order valence-electron chi connectivity index (χ3n) is 1.10. The summed E-state index contributed by atoms with van der Waals surface area (Å²) in [4.78, 5) is 2.62. The Morgan fingerprint density at radius 2 is 2.00 bits per heavy atom. The molecule has 0 aliphatic heterocycles. The first-order chi connectivity index (χ1) is 5.41. The molecule has 0 aliphatic carbocycles. The van der Waals surface area contributed by atoms with Gasteiger partial charge in [-0.2, -0.15) is 0 Å². The van der Waals surface area contributed by atoms with E-state index in [9.17, 15) is 0 Å². The maximum absolute atomic E-state index is 7.91. The van der Waals surface area contributed by atoms with E-state index in [1.54, 1.807) is 0 Å². The highest BCUT2D eigenvalue weighted by molar-refractivity contribution is 5.85. The van der Waals surface area contributed by atoms with Gasteiger partial charge in [0.05, 0.1) is 0 Å². The summed E-state index contributed by atoms with van der Waals surface area (Å²) in [5, 5.41) is 3.37. The molecule has 0 amide bonds. The highest BCUT2D eigenvalue weighted by Crippen LogP contribution is 1.85. The zero-order valence-corrected chi connectivity index (χ0v) is 7.79. The molecule has 0 spiro atoms. The second-order valence-corrected chi connectivity index (χ2v) is 2.06. The number of hydrogen-bond acceptors (Lipinski definition) is 3. The van der Waals surface area contributed by atoms with E-state index in [4.69, 9.17) is 16.0 Å². The first-order valence-electron chi connectivity index (χ1n) is 3.70. The number of halogens is 1. The smallest absolute Gasteiger partial charge is 0.0478 e. The van der Waals surface area contributed by atoms with Gasteiger partial charge in [0.15, 0.2) is 0 Å². The lowest BCUT2D eigenvalue weighted by Gasteiger charge is -1.99. The molecule has 0 fully saturated rings. The van der Waals surface area contributed by atoms with Gasteiger partial charge in [0.25, 0.3) is 0 Å². The topological polar surface area (TPSA) is 84.0 Å². The van der Waals surface area contributed by atoms with Crippen LogP contribution >= 0.6 is 12.4 Å². The Hall–Kier alpha value is -0.480. The Morgan fingerprint density at radius 1 is 1.33 bits per heavy atom. The average molecular weight is 195 g/mol. The van der Waals surface area contributed by atoms with Crippen LogP contribution in [-0.2, 0) is 4.74 Å². The Balaban J connectivity index is 0. The van der Waals surface area contributed by atoms with Gasteiger partial charge in [-0.05, 0) is 24.9 Å². The van der Waals surface area contributed by atoms with Gasteiger partial charge in [-0.1, -0.05) is 5.11 Å². The molecule has 2 N–H and O–H groups in total. The van der Waals surface area contributed by atoms with Crippen LogP contribution in [0.5, 0.6) is 0 Å². The van der Waals surface area contributed by atoms with Gasteiger partial charge < -0.3 is 10.5 Å². The van der Waals surface area contributed by atoms with Crippen LogP contribution in [0.15, 0.2) is 5.11 Å². The number of rotatable bonds is 7. The van der Waals surface area contributed by atoms with Crippen molar-refractivity contribution >= 4 is 12.4 Å². The summed E-state index contributed by atoms with van der Waals surface area (Å²) in [6.07, 6.45) is 1.68. The first-order valence-corrected chi connectivity index (χ1v) is 3.70. The molecule has 0 unspecified atom stereocenters. The van der Waals surface area contributed by atoms with Crippen molar-refractivity contribution < 1.29 is 4.74 Å². The fourth-order valence-corrected chi connectivity index (χ4v) is 0.570. The number of nitrogens with two attached hydrogens (primary N) is 1. The lowest BCUT2D eigenvalue weighted by molar-refractivity contribution is 0.132. The highest BCUT2D eigenvalue weighted by atomic mass is 35.5. The van der Waals surface area contributed by atoms with Gasteiger partial charge in [0.2, 0.25) is 0 Å². The highest BCUT2D eigenvalue weighted by Gasteiger charge is 1.86. The number of azide groups is 1. The van der Waals surface area contributed by atoms with Crippen molar-refractivity contribution in [3.63, 3.8) is 0 Å². The molecule has 0 heterocycles. The molecule has 0 aliphatic rings. The molecular formula is C6H15ClN4O. The normalized spacial score (nSPS) is 8.42. The molecule has 0 aromatic carbocycles. The summed E-state index contributed by atoms with van der Waals surface area (Å²) in [6, 6.07) is 0. The fourth-order valence-electron chi connectivity index (χ4n) is 0.570. The van der Waals surface area contributed by atoms with Crippen molar-refractivity contribution in [3.8, 4) is 0 Å². The van der Waals surface area contributed by atoms with Gasteiger partial charge in [0.1, 0.15) is 0 Å². The molecule has 6 heteroatoms. The molecule has 0 aromatic rings. The first kappa shape index (κ1) is 14.1. The quantitative estimate of drug-likeness (QED) is 0.288. The molecule has 0 saturated heterocycles. The van der Waals surface area contributed by atoms with Crippen molar-refractivity contribution in [1.29, 1.82) is 0 Å². The monoisotopic (exact) mass is 194 g/mol. The average Bonchev–Trinajstić information content (AvgIpc) is 2.03. The van der Waals surface area contributed by atoms with Crippen molar-refractivity contribution in [1.82, 2.24) is 0 Å². The SMILES string of the molecule is Cl.[N-]=[N+]=NCCCOCCCN. The largest absolute Gasteiger partial charge is 0.381 e. The second kappa shape index (κ2) is 13.1. The van der Waals surface area contributed by atoms with E-state index in [1.807, 2.05) is 0 Å². The lowest BCUT2D eigenvalue weighted by Crippen LogP contribution is -2.05. The standard InChI is InChI=1S/C6H14N4O.ClH/c7-3-1-5-11-6-2-4-9-10-8;/h1-7H2;1H. The third-order valence-corrected chi connectivity index (χ3v) is 1.10. The van der Waals surface area contributed by atoms with Crippen LogP contribution in [0.3, 0.4) is 0 Å². The Kier molecular flexibility index (Phi) is 15.4. The van der Waals surface area contributed by atoms with Crippen LogP contribution < -0.4 is 5.73 Å². The molecule has 72 valence electrons. The van der Waals surface area contributed by atoms with E-state index < -0.39 is 0 Å². The summed E-state index contributed by atoms with van der Waals surface area (Å²) >= 11 is 0. The summed E-state index contributed by atoms with van der Waals surface area (Å²) < 4.78 is 5.16. The summed E-state index contributed by atoms with van der Waals surface area (Å²) in [5.74, 6) is 0. The molecule has 0 rings (SSSR count). The van der Waals surface area contributed by atoms with E-state index in [-0.39, 0.29) is 12.4 Å². The van der Waals surface area contributed by atoms with Crippen LogP contribution in [0.2, 0.25) is 0 Å².